The third-order valence-electron chi connectivity index (χ3n) is 0. The van der Waals surface area contributed by atoms with Gasteiger partial charge in [0.2, 0.25) is 0 Å². The van der Waals surface area contributed by atoms with Crippen molar-refractivity contribution in [2.45, 2.75) is 7.43 Å². The van der Waals surface area contributed by atoms with Crippen LogP contribution in [0.25, 0.3) is 0 Å². The monoisotopic (exact) mass is 148 g/mol. The molecule has 0 amide bonds. The maximum Gasteiger partial charge on any atom is 0 e. The summed E-state index contributed by atoms with van der Waals surface area (Å²) in [6.07, 6.45) is 0. The Bertz CT molecular complexity index is 6.53. The van der Waals surface area contributed by atoms with Gasteiger partial charge in [0.25, 0.3) is 0 Å². The first kappa shape index (κ1) is 43.1. The second-order valence-electron chi connectivity index (χ2n) is 0. The fourth-order valence-electron chi connectivity index (χ4n) is 0. The molecule has 8 nitrogen and oxygen atoms in total. The molecule has 0 aliphatic rings. The van der Waals surface area contributed by atoms with E-state index in [0.29, 0.717) is 0 Å². The Morgan fingerprint density at radius 1 is 0.556 bits per heavy atom. The van der Waals surface area contributed by atoms with Crippen LogP contribution in [0.2, 0.25) is 0 Å². The van der Waals surface area contributed by atoms with Gasteiger partial charge in [-0.3, -0.25) is 21.0 Å². The van der Waals surface area contributed by atoms with Gasteiger partial charge in [0.1, 0.15) is 0 Å². The van der Waals surface area contributed by atoms with Gasteiger partial charge in [0.15, 0.2) is 0 Å². The van der Waals surface area contributed by atoms with Gasteiger partial charge in [0.05, 0.1) is 0 Å². The van der Waals surface area contributed by atoms with E-state index >= 15 is 0 Å². The van der Waals surface area contributed by atoms with Crippen molar-refractivity contribution in [1.82, 2.24) is 0 Å². The topological polar surface area (TPSA) is 149 Å². The van der Waals surface area contributed by atoms with E-state index in [-0.39, 0.29) is 7.43 Å². The SMILES string of the molecule is C.O=O.O=O.OO.OO. The van der Waals surface area contributed by atoms with Crippen LogP contribution >= 0.6 is 0 Å². The molecule has 0 heterocycles. The van der Waals surface area contributed by atoms with Crippen LogP contribution in [0.4, 0.5) is 0 Å². The molecule has 4 N–H and O–H groups in total. The molecule has 0 aliphatic carbocycles. The average molecular weight is 148 g/mol. The second kappa shape index (κ2) is 279. The zero-order valence-electron chi connectivity index (χ0n) is 3.42. The third-order valence-corrected chi connectivity index (χ3v) is 0. The highest BCUT2D eigenvalue weighted by Gasteiger charge is 0.748. The van der Waals surface area contributed by atoms with E-state index in [2.05, 4.69) is 0 Å². The summed E-state index contributed by atoms with van der Waals surface area (Å²) in [5.74, 6) is 0. The lowest BCUT2D eigenvalue weighted by Gasteiger charge is -1.25. The highest BCUT2D eigenvalue weighted by atomic mass is 17.0. The summed E-state index contributed by atoms with van der Waals surface area (Å²) >= 11 is 0. The zero-order valence-corrected chi connectivity index (χ0v) is 3.42. The van der Waals surface area contributed by atoms with Crippen LogP contribution in [0.1, 0.15) is 7.43 Å². The van der Waals surface area contributed by atoms with Crippen LogP contribution in [-0.2, 0) is 0 Å². The molecule has 8 heteroatoms. The number of hydrogen-bond acceptors (Lipinski definition) is 8. The smallest absolute Gasteiger partial charge is 0 e. The first-order valence-electron chi connectivity index (χ1n) is 0.733. The summed E-state index contributed by atoms with van der Waals surface area (Å²) in [5.41, 5.74) is 0. The van der Waals surface area contributed by atoms with Gasteiger partial charge < -0.3 is 0 Å². The van der Waals surface area contributed by atoms with E-state index in [1.807, 2.05) is 0 Å². The minimum atomic E-state index is 0. The minimum Gasteiger partial charge on any atom is -0.255 e. The fourth-order valence-corrected chi connectivity index (χ4v) is 0. The summed E-state index contributed by atoms with van der Waals surface area (Å²) in [4.78, 5) is 28.0. The lowest BCUT2D eigenvalue weighted by atomic mass is 12.0. The van der Waals surface area contributed by atoms with E-state index in [0.717, 1.165) is 0 Å². The van der Waals surface area contributed by atoms with Crippen molar-refractivity contribution in [3.05, 3.63) is 19.9 Å². The predicted molar refractivity (Wildman–Crippen MR) is 30.7 cm³/mol. The Kier molecular flexibility index (Phi) is 1340. The van der Waals surface area contributed by atoms with Crippen molar-refractivity contribution in [2.75, 3.05) is 0 Å². The molecule has 60 valence electrons. The molecule has 0 bridgehead atoms. The zero-order chi connectivity index (χ0) is 8.00. The van der Waals surface area contributed by atoms with Gasteiger partial charge >= 0.3 is 0 Å². The standard InChI is InChI=1S/CH4.2H2O2.2O2/c;4*1-2/h1H4;2*1-2H;;. The molecule has 0 aliphatic heterocycles. The molecule has 0 fully saturated rings. The van der Waals surface area contributed by atoms with Crippen molar-refractivity contribution in [2.24, 2.45) is 0 Å². The van der Waals surface area contributed by atoms with Crippen LogP contribution < -0.4 is 0 Å². The molecule has 0 saturated heterocycles. The van der Waals surface area contributed by atoms with Gasteiger partial charge in [-0.25, -0.2) is 0 Å². The average Bonchev–Trinajstić information content (AvgIpc) is 2.03. The molecule has 0 saturated carbocycles. The van der Waals surface area contributed by atoms with Crippen molar-refractivity contribution in [3.63, 3.8) is 0 Å². The Balaban J connectivity index is -0.00000000762. The van der Waals surface area contributed by atoms with Gasteiger partial charge in [0, 0.05) is 19.9 Å². The lowest BCUT2D eigenvalue weighted by Crippen LogP contribution is -1.29. The summed E-state index contributed by atoms with van der Waals surface area (Å²) in [6.45, 7) is 0. The van der Waals surface area contributed by atoms with Crippen LogP contribution in [0.5, 0.6) is 0 Å². The first-order valence-corrected chi connectivity index (χ1v) is 0.733. The molecule has 0 atom stereocenters. The van der Waals surface area contributed by atoms with E-state index in [4.69, 9.17) is 40.9 Å². The molecule has 0 aromatic carbocycles. The molecule has 0 unspecified atom stereocenters. The largest absolute Gasteiger partial charge is 0.255 e. The summed E-state index contributed by atoms with van der Waals surface area (Å²) in [7, 11) is 0. The van der Waals surface area contributed by atoms with Crippen LogP contribution in [0.3, 0.4) is 0 Å². The maximum atomic E-state index is 7.00. The third kappa shape index (κ3) is 194. The number of rotatable bonds is 0. The molecule has 0 rings (SSSR count). The summed E-state index contributed by atoms with van der Waals surface area (Å²) < 4.78 is 0. The van der Waals surface area contributed by atoms with Crippen molar-refractivity contribution in [1.29, 1.82) is 0 Å². The van der Waals surface area contributed by atoms with E-state index in [9.17, 15) is 0 Å². The summed E-state index contributed by atoms with van der Waals surface area (Å²) in [5, 5.41) is 24.0. The highest BCUT2D eigenvalue weighted by Crippen LogP contribution is 0.743. The molecule has 0 aromatic heterocycles. The maximum absolute atomic E-state index is 7.00. The van der Waals surface area contributed by atoms with Gasteiger partial charge in [-0.15, -0.1) is 0 Å². The van der Waals surface area contributed by atoms with Crippen molar-refractivity contribution >= 4 is 0 Å². The van der Waals surface area contributed by atoms with Crippen molar-refractivity contribution in [3.8, 4) is 0 Å². The fraction of sp³-hybridized carbons (Fsp3) is 1.00. The van der Waals surface area contributed by atoms with E-state index in [1.54, 1.807) is 0 Å². The molecule has 9 heavy (non-hydrogen) atoms. The van der Waals surface area contributed by atoms with E-state index < -0.39 is 0 Å². The predicted octanol–water partition coefficient (Wildman–Crippen LogP) is 0.805. The van der Waals surface area contributed by atoms with E-state index in [1.165, 1.54) is 0 Å². The molecule has 0 aromatic rings. The highest BCUT2D eigenvalue weighted by molar-refractivity contribution is 4.08. The second-order valence-corrected chi connectivity index (χ2v) is 0. The Labute approximate surface area is 49.7 Å². The van der Waals surface area contributed by atoms with Gasteiger partial charge in [-0.1, -0.05) is 7.43 Å². The normalized spacial score (nSPS) is 2.22. The molecular weight excluding hydrogens is 140 g/mol. The summed E-state index contributed by atoms with van der Waals surface area (Å²) in [6, 6.07) is 0. The molecule has 0 spiro atoms. The first-order chi connectivity index (χ1) is 4.00. The van der Waals surface area contributed by atoms with Gasteiger partial charge in [-0.05, 0) is 0 Å². The van der Waals surface area contributed by atoms with Crippen molar-refractivity contribution < 1.29 is 21.0 Å². The quantitative estimate of drug-likeness (QED) is 0.291. The van der Waals surface area contributed by atoms with Crippen LogP contribution in [0, 0.1) is 19.9 Å². The molecule has 0 radical (unpaired) electrons. The van der Waals surface area contributed by atoms with Crippen LogP contribution in [-0.4, -0.2) is 21.0 Å². The van der Waals surface area contributed by atoms with Gasteiger partial charge in [-0.2, -0.15) is 0 Å². The Morgan fingerprint density at radius 3 is 0.556 bits per heavy atom. The Morgan fingerprint density at radius 2 is 0.556 bits per heavy atom. The van der Waals surface area contributed by atoms with Crippen LogP contribution in [0.15, 0.2) is 0 Å². The number of hydrogen-bond donors (Lipinski definition) is 4. The lowest BCUT2D eigenvalue weighted by molar-refractivity contribution is -0.176. The minimum absolute atomic E-state index is 0. The molecular formula is CH8O8. The Hall–Kier alpha value is -0.960.